The molecule has 0 atom stereocenters. The van der Waals surface area contributed by atoms with Crippen LogP contribution in [0.5, 0.6) is 0 Å². The maximum absolute atomic E-state index is 11.8. The Labute approximate surface area is 120 Å². The number of hydrogen-bond acceptors (Lipinski definition) is 4. The molecule has 2 heterocycles. The molecule has 1 aromatic rings. The Morgan fingerprint density at radius 1 is 1.50 bits per heavy atom. The van der Waals surface area contributed by atoms with Gasteiger partial charge in [-0.2, -0.15) is 0 Å². The molecule has 0 spiro atoms. The van der Waals surface area contributed by atoms with Gasteiger partial charge in [-0.15, -0.1) is 0 Å². The van der Waals surface area contributed by atoms with Crippen LogP contribution in [0, 0.1) is 5.92 Å². The zero-order valence-corrected chi connectivity index (χ0v) is 12.3. The summed E-state index contributed by atoms with van der Waals surface area (Å²) in [6, 6.07) is 4.30. The van der Waals surface area contributed by atoms with Gasteiger partial charge in [0.15, 0.2) is 0 Å². The molecule has 5 nitrogen and oxygen atoms in total. The van der Waals surface area contributed by atoms with Crippen molar-refractivity contribution in [1.82, 2.24) is 10.2 Å². The lowest BCUT2D eigenvalue weighted by Crippen LogP contribution is -2.45. The summed E-state index contributed by atoms with van der Waals surface area (Å²) >= 11 is 0. The summed E-state index contributed by atoms with van der Waals surface area (Å²) in [4.78, 5) is 13.6. The van der Waals surface area contributed by atoms with Crippen LogP contribution in [0.2, 0.25) is 0 Å². The number of likely N-dealkylation sites (tertiary alicyclic amines) is 1. The van der Waals surface area contributed by atoms with Crippen LogP contribution in [0.4, 0.5) is 4.79 Å². The van der Waals surface area contributed by atoms with Crippen LogP contribution in [0.25, 0.3) is 0 Å². The lowest BCUT2D eigenvalue weighted by atomic mass is 10.1. The minimum Gasteiger partial charge on any atom is -0.468 e. The highest BCUT2D eigenvalue weighted by molar-refractivity contribution is 5.67. The quantitative estimate of drug-likeness (QED) is 0.901. The van der Waals surface area contributed by atoms with Crippen molar-refractivity contribution in [2.24, 2.45) is 5.92 Å². The summed E-state index contributed by atoms with van der Waals surface area (Å²) in [6.07, 6.45) is 3.42. The summed E-state index contributed by atoms with van der Waals surface area (Å²) < 4.78 is 10.5. The van der Waals surface area contributed by atoms with E-state index < -0.39 is 0 Å². The summed E-state index contributed by atoms with van der Waals surface area (Å²) in [5.74, 6) is 1.33. The minimum absolute atomic E-state index is 0.178. The minimum atomic E-state index is -0.178. The predicted octanol–water partition coefficient (Wildman–Crippen LogP) is 2.63. The second kappa shape index (κ2) is 7.33. The first-order chi connectivity index (χ1) is 9.65. The summed E-state index contributed by atoms with van der Waals surface area (Å²) in [7, 11) is 0. The molecule has 1 aliphatic rings. The molecule has 0 aromatic carbocycles. The van der Waals surface area contributed by atoms with Crippen LogP contribution in [-0.2, 0) is 11.3 Å². The van der Waals surface area contributed by atoms with Gasteiger partial charge in [-0.05, 0) is 30.9 Å². The van der Waals surface area contributed by atoms with E-state index in [0.29, 0.717) is 18.6 Å². The van der Waals surface area contributed by atoms with Crippen molar-refractivity contribution in [2.45, 2.75) is 39.3 Å². The second-order valence-corrected chi connectivity index (χ2v) is 5.69. The molecule has 2 rings (SSSR count). The first kappa shape index (κ1) is 14.9. The number of carbonyl (C=O) groups is 1. The van der Waals surface area contributed by atoms with Crippen molar-refractivity contribution in [3.05, 3.63) is 24.2 Å². The van der Waals surface area contributed by atoms with Crippen LogP contribution < -0.4 is 5.32 Å². The zero-order valence-electron chi connectivity index (χ0n) is 12.3. The number of hydrogen-bond donors (Lipinski definition) is 1. The summed E-state index contributed by atoms with van der Waals surface area (Å²) in [5, 5.41) is 3.46. The lowest BCUT2D eigenvalue weighted by Gasteiger charge is -2.31. The van der Waals surface area contributed by atoms with Crippen LogP contribution in [0.3, 0.4) is 0 Å². The fourth-order valence-electron chi connectivity index (χ4n) is 2.25. The highest BCUT2D eigenvalue weighted by Crippen LogP contribution is 2.13. The summed E-state index contributed by atoms with van der Waals surface area (Å²) in [5.41, 5.74) is 0. The van der Waals surface area contributed by atoms with Crippen LogP contribution >= 0.6 is 0 Å². The van der Waals surface area contributed by atoms with Crippen molar-refractivity contribution >= 4 is 6.09 Å². The molecule has 1 aliphatic heterocycles. The number of carbonyl (C=O) groups excluding carboxylic acids is 1. The highest BCUT2D eigenvalue weighted by Gasteiger charge is 2.23. The number of piperidine rings is 1. The molecule has 112 valence electrons. The van der Waals surface area contributed by atoms with E-state index in [9.17, 15) is 4.79 Å². The smallest absolute Gasteiger partial charge is 0.409 e. The number of nitrogens with one attached hydrogen (secondary N) is 1. The molecule has 0 radical (unpaired) electrons. The third-order valence-electron chi connectivity index (χ3n) is 3.44. The van der Waals surface area contributed by atoms with Gasteiger partial charge in [0.2, 0.25) is 0 Å². The fourth-order valence-corrected chi connectivity index (χ4v) is 2.25. The fraction of sp³-hybridized carbons (Fsp3) is 0.667. The Hall–Kier alpha value is -1.49. The monoisotopic (exact) mass is 280 g/mol. The molecule has 0 bridgehead atoms. The van der Waals surface area contributed by atoms with Crippen molar-refractivity contribution in [1.29, 1.82) is 0 Å². The molecule has 1 aromatic heterocycles. The van der Waals surface area contributed by atoms with Gasteiger partial charge in [0.25, 0.3) is 0 Å². The molecule has 1 fully saturated rings. The lowest BCUT2D eigenvalue weighted by molar-refractivity contribution is 0.0816. The van der Waals surface area contributed by atoms with Crippen LogP contribution in [0.15, 0.2) is 22.8 Å². The number of rotatable bonds is 5. The average Bonchev–Trinajstić information content (AvgIpc) is 2.96. The Bertz CT molecular complexity index is 395. The third-order valence-corrected chi connectivity index (χ3v) is 3.44. The maximum Gasteiger partial charge on any atom is 0.409 e. The molecule has 1 saturated heterocycles. The van der Waals surface area contributed by atoms with E-state index in [1.165, 1.54) is 0 Å². The Balaban J connectivity index is 1.65. The van der Waals surface area contributed by atoms with Gasteiger partial charge in [-0.3, -0.25) is 0 Å². The average molecular weight is 280 g/mol. The molecular weight excluding hydrogens is 256 g/mol. The highest BCUT2D eigenvalue weighted by atomic mass is 16.6. The first-order valence-corrected chi connectivity index (χ1v) is 7.32. The summed E-state index contributed by atoms with van der Waals surface area (Å²) in [6.45, 7) is 6.83. The molecule has 20 heavy (non-hydrogen) atoms. The van der Waals surface area contributed by atoms with Crippen molar-refractivity contribution in [3.63, 3.8) is 0 Å². The van der Waals surface area contributed by atoms with E-state index in [4.69, 9.17) is 9.15 Å². The van der Waals surface area contributed by atoms with Gasteiger partial charge < -0.3 is 19.4 Å². The van der Waals surface area contributed by atoms with E-state index in [-0.39, 0.29) is 6.09 Å². The van der Waals surface area contributed by atoms with Crippen LogP contribution in [-0.4, -0.2) is 36.7 Å². The van der Waals surface area contributed by atoms with Crippen molar-refractivity contribution in [3.8, 4) is 0 Å². The largest absolute Gasteiger partial charge is 0.468 e. The zero-order chi connectivity index (χ0) is 14.4. The molecular formula is C15H24N2O3. The van der Waals surface area contributed by atoms with E-state index in [1.54, 1.807) is 11.2 Å². The molecule has 1 N–H and O–H groups in total. The number of amides is 1. The molecule has 0 aliphatic carbocycles. The molecule has 5 heteroatoms. The topological polar surface area (TPSA) is 54.7 Å². The van der Waals surface area contributed by atoms with Gasteiger partial charge in [0, 0.05) is 19.1 Å². The maximum atomic E-state index is 11.8. The normalized spacial score (nSPS) is 16.6. The standard InChI is InChI=1S/C15H24N2O3/c1-12(2)11-20-15(18)17-7-5-13(6-8-17)16-10-14-4-3-9-19-14/h3-4,9,12-13,16H,5-8,10-11H2,1-2H3. The third kappa shape index (κ3) is 4.56. The molecule has 0 unspecified atom stereocenters. The van der Waals surface area contributed by atoms with Crippen molar-refractivity contribution in [2.75, 3.05) is 19.7 Å². The number of nitrogens with zero attached hydrogens (tertiary/aromatic N) is 1. The number of furan rings is 1. The Morgan fingerprint density at radius 3 is 2.85 bits per heavy atom. The van der Waals surface area contributed by atoms with Crippen molar-refractivity contribution < 1.29 is 13.9 Å². The number of ether oxygens (including phenoxy) is 1. The van der Waals surface area contributed by atoms with E-state index in [2.05, 4.69) is 5.32 Å². The van der Waals surface area contributed by atoms with Gasteiger partial charge in [-0.25, -0.2) is 4.79 Å². The molecule has 0 saturated carbocycles. The van der Waals surface area contributed by atoms with Crippen LogP contribution in [0.1, 0.15) is 32.4 Å². The van der Waals surface area contributed by atoms with Gasteiger partial charge in [0.1, 0.15) is 5.76 Å². The molecule has 1 amide bonds. The van der Waals surface area contributed by atoms with E-state index >= 15 is 0 Å². The predicted molar refractivity (Wildman–Crippen MR) is 76.3 cm³/mol. The van der Waals surface area contributed by atoms with Gasteiger partial charge in [0.05, 0.1) is 19.4 Å². The van der Waals surface area contributed by atoms with E-state index in [1.807, 2.05) is 26.0 Å². The SMILES string of the molecule is CC(C)COC(=O)N1CCC(NCc2ccco2)CC1. The van der Waals surface area contributed by atoms with Gasteiger partial charge in [-0.1, -0.05) is 13.8 Å². The van der Waals surface area contributed by atoms with E-state index in [0.717, 1.165) is 38.2 Å². The Kier molecular flexibility index (Phi) is 5.47. The Morgan fingerprint density at radius 2 is 2.25 bits per heavy atom. The first-order valence-electron chi connectivity index (χ1n) is 7.32. The van der Waals surface area contributed by atoms with Gasteiger partial charge >= 0.3 is 6.09 Å². The second-order valence-electron chi connectivity index (χ2n) is 5.69.